The van der Waals surface area contributed by atoms with Crippen LogP contribution in [0.25, 0.3) is 11.1 Å². The molecule has 0 unspecified atom stereocenters. The Morgan fingerprint density at radius 3 is 0.980 bits per heavy atom. The first-order chi connectivity index (χ1) is 45.1. The van der Waals surface area contributed by atoms with Crippen molar-refractivity contribution in [2.75, 3.05) is 0 Å². The lowest BCUT2D eigenvalue weighted by atomic mass is 10.0. The van der Waals surface area contributed by atoms with Gasteiger partial charge in [0.25, 0.3) is 0 Å². The summed E-state index contributed by atoms with van der Waals surface area (Å²) < 4.78 is 227. The van der Waals surface area contributed by atoms with E-state index in [0.717, 1.165) is 82.2 Å². The van der Waals surface area contributed by atoms with Crippen LogP contribution < -0.4 is 0 Å². The van der Waals surface area contributed by atoms with Crippen LogP contribution in [0.1, 0.15) is 231 Å². The zero-order chi connectivity index (χ0) is 74.8. The van der Waals surface area contributed by atoms with Gasteiger partial charge in [-0.25, -0.2) is 18.2 Å². The predicted octanol–water partition coefficient (Wildman–Crippen LogP) is 28.1. The second-order valence-corrected chi connectivity index (χ2v) is 25.1. The molecule has 0 atom stereocenters. The number of aromatic nitrogens is 1. The first-order valence-corrected chi connectivity index (χ1v) is 31.5. The Hall–Kier alpha value is -8.03. The second-order valence-electron chi connectivity index (χ2n) is 25.1. The first kappa shape index (κ1) is 86.1. The summed E-state index contributed by atoms with van der Waals surface area (Å²) in [5.74, 6) is 0.450. The highest BCUT2D eigenvalue weighted by Gasteiger charge is 2.35. The summed E-state index contributed by atoms with van der Waals surface area (Å²) in [4.78, 5) is 4.35. The number of hydrogen-bond donors (Lipinski definition) is 0. The Morgan fingerprint density at radius 1 is 0.265 bits per heavy atom. The summed E-state index contributed by atoms with van der Waals surface area (Å²) in [5, 5.41) is 0. The van der Waals surface area contributed by atoms with Crippen molar-refractivity contribution in [1.29, 1.82) is 0 Å². The quantitative estimate of drug-likeness (QED) is 0.142. The number of alkyl halides is 15. The van der Waals surface area contributed by atoms with Gasteiger partial charge in [-0.1, -0.05) is 220 Å². The fourth-order valence-electron chi connectivity index (χ4n) is 8.26. The summed E-state index contributed by atoms with van der Waals surface area (Å²) in [6.07, 6.45) is -21.8. The standard InChI is InChI=1S/2C10H10F4.3C10H11F3.C10H11NO.C9H11F.C9H12/c1-6(2)7-3-8(10(12,13)14)5-9(11)4-7;1-6(2)7-3-4-9(11)8(5-7)10(12,13)14;1-7(2)8-3-5-9(6-4-8)10(11,12)13;2*1-7(2)8-4-3-5-9(6-8)10(11,12)13;1-7(2)10-11-8-5-3-4-6-9(8)12-10;1-7(2)8-3-5-9(10)6-4-8;1-8(2)9-6-4-3-5-7-9/h2*3-6H,1-2H3;3*3-7H,1-2H3;3-7H,1-2H3;3-7H,1-2H3;3-8H,1-2H3. The summed E-state index contributed by atoms with van der Waals surface area (Å²) in [6.45, 7) is 31.1. The maximum absolute atomic E-state index is 12.8. The molecule has 0 N–H and O–H groups in total. The molecule has 0 aliphatic carbocycles. The van der Waals surface area contributed by atoms with Gasteiger partial charge in [-0.3, -0.25) is 0 Å². The highest BCUT2D eigenvalue weighted by molar-refractivity contribution is 5.72. The van der Waals surface area contributed by atoms with Crippen molar-refractivity contribution in [3.63, 3.8) is 0 Å². The molecule has 8 aromatic carbocycles. The molecule has 0 saturated carbocycles. The number of nitrogens with zero attached hydrogens (tertiary/aromatic N) is 1. The number of para-hydroxylation sites is 2. The molecule has 9 aromatic rings. The molecule has 0 saturated heterocycles. The molecule has 98 heavy (non-hydrogen) atoms. The highest BCUT2D eigenvalue weighted by atomic mass is 19.4. The van der Waals surface area contributed by atoms with E-state index in [1.54, 1.807) is 39.8 Å². The third-order valence-corrected chi connectivity index (χ3v) is 14.3. The lowest BCUT2D eigenvalue weighted by molar-refractivity contribution is -0.140. The van der Waals surface area contributed by atoms with Crippen molar-refractivity contribution in [3.8, 4) is 0 Å². The molecule has 1 heterocycles. The molecule has 0 amide bonds. The Morgan fingerprint density at radius 2 is 0.612 bits per heavy atom. The van der Waals surface area contributed by atoms with E-state index in [1.165, 1.54) is 65.7 Å². The molecule has 0 radical (unpaired) electrons. The Balaban J connectivity index is 0.000000382. The van der Waals surface area contributed by atoms with Gasteiger partial charge in [0.15, 0.2) is 11.5 Å². The van der Waals surface area contributed by atoms with Crippen LogP contribution in [0.5, 0.6) is 0 Å². The fourth-order valence-corrected chi connectivity index (χ4v) is 8.26. The van der Waals surface area contributed by atoms with E-state index in [4.69, 9.17) is 4.42 Å². The van der Waals surface area contributed by atoms with Crippen molar-refractivity contribution in [2.24, 2.45) is 0 Å². The van der Waals surface area contributed by atoms with Crippen molar-refractivity contribution in [2.45, 2.75) is 189 Å². The SMILES string of the molecule is CC(C)c1cc(F)cc(C(F)(F)F)c1.CC(C)c1ccc(C(F)(F)F)cc1.CC(C)c1ccc(F)c(C(F)(F)F)c1.CC(C)c1ccc(F)cc1.CC(C)c1cccc(C(F)(F)F)c1.CC(C)c1cccc(C(F)(F)F)c1.CC(C)c1ccccc1.CC(C)c1nc2ccccc2o1. The molecule has 0 fully saturated rings. The van der Waals surface area contributed by atoms with E-state index in [1.807, 2.05) is 84.0 Å². The minimum absolute atomic E-state index is 0.0447. The number of benzene rings is 8. The van der Waals surface area contributed by atoms with Gasteiger partial charge in [-0.05, 0) is 159 Å². The molecule has 1 aromatic heterocycles. The van der Waals surface area contributed by atoms with Crippen LogP contribution >= 0.6 is 0 Å². The average molecular weight is 1400 g/mol. The molecule has 9 rings (SSSR count). The topological polar surface area (TPSA) is 26.0 Å². The van der Waals surface area contributed by atoms with E-state index in [9.17, 15) is 79.0 Å². The van der Waals surface area contributed by atoms with E-state index in [0.29, 0.717) is 34.9 Å². The molecule has 0 aliphatic rings. The second kappa shape index (κ2) is 38.9. The zero-order valence-corrected chi connectivity index (χ0v) is 57.7. The number of hydrogen-bond acceptors (Lipinski definition) is 2. The van der Waals surface area contributed by atoms with Crippen molar-refractivity contribution >= 4 is 11.1 Å². The van der Waals surface area contributed by atoms with Crippen LogP contribution in [0, 0.1) is 17.5 Å². The maximum Gasteiger partial charge on any atom is 0.419 e. The maximum atomic E-state index is 12.8. The van der Waals surface area contributed by atoms with Crippen LogP contribution in [0.2, 0.25) is 0 Å². The predicted molar refractivity (Wildman–Crippen MR) is 357 cm³/mol. The van der Waals surface area contributed by atoms with Gasteiger partial charge in [0, 0.05) is 5.92 Å². The number of halogens is 18. The average Bonchev–Trinajstić information content (AvgIpc) is 0.890. The molecular weight excluding hydrogens is 1310 g/mol. The van der Waals surface area contributed by atoms with Gasteiger partial charge in [0.1, 0.15) is 23.0 Å². The van der Waals surface area contributed by atoms with E-state index >= 15 is 0 Å². The molecule has 536 valence electrons. The van der Waals surface area contributed by atoms with Crippen molar-refractivity contribution < 1.29 is 83.4 Å². The molecule has 0 aliphatic heterocycles. The third kappa shape index (κ3) is 31.2. The van der Waals surface area contributed by atoms with E-state index < -0.39 is 70.3 Å². The Kier molecular flexibility index (Phi) is 34.2. The fraction of sp³-hybridized carbons (Fsp3) is 0.372. The number of fused-ring (bicyclic) bond motifs is 1. The largest absolute Gasteiger partial charge is 0.440 e. The molecule has 0 bridgehead atoms. The molecule has 2 nitrogen and oxygen atoms in total. The molecular formula is C78H87F18NO. The van der Waals surface area contributed by atoms with Gasteiger partial charge in [0.05, 0.1) is 27.8 Å². The van der Waals surface area contributed by atoms with Gasteiger partial charge >= 0.3 is 30.9 Å². The van der Waals surface area contributed by atoms with Gasteiger partial charge < -0.3 is 4.42 Å². The summed E-state index contributed by atoms with van der Waals surface area (Å²) in [5.41, 5.74) is 3.77. The first-order valence-electron chi connectivity index (χ1n) is 31.5. The lowest BCUT2D eigenvalue weighted by Crippen LogP contribution is -2.09. The number of rotatable bonds is 8. The molecule has 0 spiro atoms. The van der Waals surface area contributed by atoms with Crippen LogP contribution in [-0.4, -0.2) is 4.98 Å². The minimum Gasteiger partial charge on any atom is -0.440 e. The van der Waals surface area contributed by atoms with Gasteiger partial charge in [0.2, 0.25) is 0 Å². The smallest absolute Gasteiger partial charge is 0.419 e. The van der Waals surface area contributed by atoms with Crippen LogP contribution in [-0.2, 0) is 30.9 Å². The number of oxazole rings is 1. The minimum atomic E-state index is -4.62. The van der Waals surface area contributed by atoms with Crippen molar-refractivity contribution in [3.05, 3.63) is 278 Å². The summed E-state index contributed by atoms with van der Waals surface area (Å²) in [6, 6.07) is 46.8. The summed E-state index contributed by atoms with van der Waals surface area (Å²) in [7, 11) is 0. The Bertz CT molecular complexity index is 3620. The third-order valence-electron chi connectivity index (χ3n) is 14.3. The monoisotopic (exact) mass is 1400 g/mol. The normalized spacial score (nSPS) is 11.7. The van der Waals surface area contributed by atoms with Gasteiger partial charge in [-0.2, -0.15) is 65.9 Å². The lowest BCUT2D eigenvalue weighted by Gasteiger charge is -2.11. The summed E-state index contributed by atoms with van der Waals surface area (Å²) >= 11 is 0. The van der Waals surface area contributed by atoms with Crippen LogP contribution in [0.3, 0.4) is 0 Å². The van der Waals surface area contributed by atoms with E-state index in [2.05, 4.69) is 70.8 Å². The highest BCUT2D eigenvalue weighted by Crippen LogP contribution is 2.36. The van der Waals surface area contributed by atoms with Crippen LogP contribution in [0.4, 0.5) is 79.0 Å². The zero-order valence-electron chi connectivity index (χ0n) is 57.7. The Labute approximate surface area is 564 Å². The van der Waals surface area contributed by atoms with Gasteiger partial charge in [-0.15, -0.1) is 0 Å². The van der Waals surface area contributed by atoms with E-state index in [-0.39, 0.29) is 35.4 Å². The van der Waals surface area contributed by atoms with Crippen LogP contribution in [0.15, 0.2) is 192 Å². The van der Waals surface area contributed by atoms with Crippen molar-refractivity contribution in [1.82, 2.24) is 4.98 Å². The molecule has 20 heteroatoms.